The molecule has 0 bridgehead atoms. The highest BCUT2D eigenvalue weighted by molar-refractivity contribution is 5.72. The fraction of sp³-hybridized carbons (Fsp3) is 0.588. The fourth-order valence-corrected chi connectivity index (χ4v) is 2.70. The van der Waals surface area contributed by atoms with Crippen molar-refractivity contribution in [3.8, 4) is 0 Å². The molecule has 1 aliphatic rings. The molecule has 0 unspecified atom stereocenters. The lowest BCUT2D eigenvalue weighted by molar-refractivity contribution is -0.177. The molecule has 0 amide bonds. The van der Waals surface area contributed by atoms with Gasteiger partial charge in [0.05, 0.1) is 37.9 Å². The Morgan fingerprint density at radius 2 is 2.05 bits per heavy atom. The number of methoxy groups -OCH3 is 1. The molecular formula is C17H24O4. The zero-order valence-electron chi connectivity index (χ0n) is 13.0. The van der Waals surface area contributed by atoms with E-state index in [1.807, 2.05) is 44.2 Å². The van der Waals surface area contributed by atoms with E-state index in [-0.39, 0.29) is 30.2 Å². The van der Waals surface area contributed by atoms with E-state index in [2.05, 4.69) is 0 Å². The van der Waals surface area contributed by atoms with Crippen molar-refractivity contribution in [2.24, 2.45) is 5.92 Å². The molecule has 0 saturated carbocycles. The van der Waals surface area contributed by atoms with Gasteiger partial charge in [-0.1, -0.05) is 30.3 Å². The standard InChI is InChI=1S/C17H24O4/c1-12-9-10-15(16(21-12)13(2)17(18)19-3)20-11-14-7-5-4-6-8-14/h4-8,12-13,15-16H,9-11H2,1-3H3/t12-,13+,15-,16+/m0/s1. The third-order valence-electron chi connectivity index (χ3n) is 3.99. The minimum atomic E-state index is -0.321. The molecule has 0 N–H and O–H groups in total. The summed E-state index contributed by atoms with van der Waals surface area (Å²) in [6, 6.07) is 10.0. The Hall–Kier alpha value is -1.39. The fourth-order valence-electron chi connectivity index (χ4n) is 2.70. The van der Waals surface area contributed by atoms with E-state index in [9.17, 15) is 4.79 Å². The van der Waals surface area contributed by atoms with E-state index in [0.29, 0.717) is 6.61 Å². The van der Waals surface area contributed by atoms with Crippen LogP contribution in [0.3, 0.4) is 0 Å². The van der Waals surface area contributed by atoms with Gasteiger partial charge in [-0.3, -0.25) is 4.79 Å². The van der Waals surface area contributed by atoms with Crippen LogP contribution in [-0.4, -0.2) is 31.4 Å². The molecule has 1 saturated heterocycles. The number of ether oxygens (including phenoxy) is 3. The number of esters is 1. The summed E-state index contributed by atoms with van der Waals surface area (Å²) in [5.41, 5.74) is 1.13. The minimum absolute atomic E-state index is 0.0736. The second-order valence-electron chi connectivity index (χ2n) is 5.64. The van der Waals surface area contributed by atoms with Gasteiger partial charge in [0.15, 0.2) is 0 Å². The normalized spacial score (nSPS) is 27.1. The largest absolute Gasteiger partial charge is 0.469 e. The molecule has 1 fully saturated rings. The van der Waals surface area contributed by atoms with Gasteiger partial charge in [-0.2, -0.15) is 0 Å². The highest BCUT2D eigenvalue weighted by Crippen LogP contribution is 2.28. The zero-order chi connectivity index (χ0) is 15.2. The average Bonchev–Trinajstić information content (AvgIpc) is 2.53. The van der Waals surface area contributed by atoms with E-state index in [0.717, 1.165) is 18.4 Å². The molecule has 1 heterocycles. The number of carbonyl (C=O) groups excluding carboxylic acids is 1. The number of hydrogen-bond donors (Lipinski definition) is 0. The summed E-state index contributed by atoms with van der Waals surface area (Å²) in [7, 11) is 1.41. The molecule has 2 rings (SSSR count). The molecule has 0 aliphatic carbocycles. The van der Waals surface area contributed by atoms with Crippen LogP contribution in [-0.2, 0) is 25.6 Å². The minimum Gasteiger partial charge on any atom is -0.469 e. The molecule has 4 nitrogen and oxygen atoms in total. The molecule has 21 heavy (non-hydrogen) atoms. The van der Waals surface area contributed by atoms with Crippen molar-refractivity contribution in [1.29, 1.82) is 0 Å². The SMILES string of the molecule is COC(=O)[C@H](C)[C@H]1O[C@@H](C)CC[C@@H]1OCc1ccccc1. The van der Waals surface area contributed by atoms with Gasteiger partial charge in [0.25, 0.3) is 0 Å². The van der Waals surface area contributed by atoms with Crippen molar-refractivity contribution in [3.63, 3.8) is 0 Å². The van der Waals surface area contributed by atoms with E-state index in [1.165, 1.54) is 7.11 Å². The predicted molar refractivity (Wildman–Crippen MR) is 79.8 cm³/mol. The first-order chi connectivity index (χ1) is 10.1. The number of hydrogen-bond acceptors (Lipinski definition) is 4. The number of benzene rings is 1. The third-order valence-corrected chi connectivity index (χ3v) is 3.99. The summed E-state index contributed by atoms with van der Waals surface area (Å²) in [5, 5.41) is 0. The molecule has 0 aromatic heterocycles. The van der Waals surface area contributed by atoms with Crippen molar-refractivity contribution >= 4 is 5.97 Å². The van der Waals surface area contributed by atoms with E-state index < -0.39 is 0 Å². The van der Waals surface area contributed by atoms with Crippen LogP contribution in [0, 0.1) is 5.92 Å². The maximum atomic E-state index is 11.8. The highest BCUT2D eigenvalue weighted by Gasteiger charge is 2.37. The van der Waals surface area contributed by atoms with Gasteiger partial charge in [0.1, 0.15) is 0 Å². The summed E-state index contributed by atoms with van der Waals surface area (Å²) in [5.74, 6) is -0.569. The monoisotopic (exact) mass is 292 g/mol. The maximum Gasteiger partial charge on any atom is 0.311 e. The van der Waals surface area contributed by atoms with Gasteiger partial charge >= 0.3 is 5.97 Å². The van der Waals surface area contributed by atoms with E-state index in [4.69, 9.17) is 14.2 Å². The van der Waals surface area contributed by atoms with Gasteiger partial charge < -0.3 is 14.2 Å². The van der Waals surface area contributed by atoms with Crippen LogP contribution in [0.4, 0.5) is 0 Å². The number of rotatable bonds is 5. The lowest BCUT2D eigenvalue weighted by Crippen LogP contribution is -2.46. The van der Waals surface area contributed by atoms with Gasteiger partial charge in [-0.25, -0.2) is 0 Å². The first-order valence-corrected chi connectivity index (χ1v) is 7.50. The van der Waals surface area contributed by atoms with Gasteiger partial charge in [0.2, 0.25) is 0 Å². The summed E-state index contributed by atoms with van der Waals surface area (Å²) in [6.45, 7) is 4.41. The van der Waals surface area contributed by atoms with Crippen LogP contribution in [0.2, 0.25) is 0 Å². The van der Waals surface area contributed by atoms with Crippen LogP contribution in [0.15, 0.2) is 30.3 Å². The van der Waals surface area contributed by atoms with Crippen LogP contribution in [0.5, 0.6) is 0 Å². The second kappa shape index (κ2) is 7.57. The Morgan fingerprint density at radius 1 is 1.33 bits per heavy atom. The Morgan fingerprint density at radius 3 is 2.71 bits per heavy atom. The average molecular weight is 292 g/mol. The van der Waals surface area contributed by atoms with Gasteiger partial charge in [-0.15, -0.1) is 0 Å². The Bertz CT molecular complexity index is 445. The molecule has 0 radical (unpaired) electrons. The first-order valence-electron chi connectivity index (χ1n) is 7.50. The molecule has 1 aromatic rings. The lowest BCUT2D eigenvalue weighted by Gasteiger charge is -2.37. The van der Waals surface area contributed by atoms with Crippen LogP contribution in [0.25, 0.3) is 0 Å². The molecule has 1 aliphatic heterocycles. The molecule has 4 atom stereocenters. The maximum absolute atomic E-state index is 11.8. The van der Waals surface area contributed by atoms with Crippen LogP contribution in [0.1, 0.15) is 32.3 Å². The summed E-state index contributed by atoms with van der Waals surface area (Å²) < 4.78 is 16.8. The Kier molecular flexibility index (Phi) is 5.76. The van der Waals surface area contributed by atoms with Crippen molar-refractivity contribution in [3.05, 3.63) is 35.9 Å². The predicted octanol–water partition coefficient (Wildman–Crippen LogP) is 2.95. The topological polar surface area (TPSA) is 44.8 Å². The van der Waals surface area contributed by atoms with Crippen molar-refractivity contribution in [2.45, 2.75) is 51.6 Å². The van der Waals surface area contributed by atoms with Crippen molar-refractivity contribution < 1.29 is 19.0 Å². The second-order valence-corrected chi connectivity index (χ2v) is 5.64. The Labute approximate surface area is 126 Å². The van der Waals surface area contributed by atoms with Crippen molar-refractivity contribution in [2.75, 3.05) is 7.11 Å². The summed E-state index contributed by atoms with van der Waals surface area (Å²) in [4.78, 5) is 11.8. The van der Waals surface area contributed by atoms with Crippen molar-refractivity contribution in [1.82, 2.24) is 0 Å². The van der Waals surface area contributed by atoms with Crippen LogP contribution < -0.4 is 0 Å². The third kappa shape index (κ3) is 4.29. The first kappa shape index (κ1) is 16.0. The van der Waals surface area contributed by atoms with E-state index >= 15 is 0 Å². The molecule has 1 aromatic carbocycles. The molecule has 116 valence electrons. The summed E-state index contributed by atoms with van der Waals surface area (Å²) >= 11 is 0. The Balaban J connectivity index is 1.99. The zero-order valence-corrected chi connectivity index (χ0v) is 13.0. The lowest BCUT2D eigenvalue weighted by atomic mass is 9.92. The van der Waals surface area contributed by atoms with Gasteiger partial charge in [0, 0.05) is 0 Å². The quantitative estimate of drug-likeness (QED) is 0.783. The highest BCUT2D eigenvalue weighted by atomic mass is 16.6. The van der Waals surface area contributed by atoms with Gasteiger partial charge in [-0.05, 0) is 32.3 Å². The smallest absolute Gasteiger partial charge is 0.311 e. The number of carbonyl (C=O) groups is 1. The van der Waals surface area contributed by atoms with Crippen LogP contribution >= 0.6 is 0 Å². The summed E-state index contributed by atoms with van der Waals surface area (Å²) in [6.07, 6.45) is 1.68. The molecule has 0 spiro atoms. The van der Waals surface area contributed by atoms with E-state index in [1.54, 1.807) is 0 Å². The molecular weight excluding hydrogens is 268 g/mol. The molecule has 4 heteroatoms.